The first-order valence-electron chi connectivity index (χ1n) is 6.75. The molecule has 0 aromatic carbocycles. The van der Waals surface area contributed by atoms with Crippen molar-refractivity contribution in [3.05, 3.63) is 29.8 Å². The van der Waals surface area contributed by atoms with Crippen LogP contribution in [-0.2, 0) is 4.74 Å². The van der Waals surface area contributed by atoms with E-state index in [2.05, 4.69) is 17.2 Å². The Kier molecular flexibility index (Phi) is 5.08. The lowest BCUT2D eigenvalue weighted by Gasteiger charge is -2.21. The average Bonchev–Trinajstić information content (AvgIpc) is 2.87. The number of hydrogen-bond donors (Lipinski definition) is 1. The summed E-state index contributed by atoms with van der Waals surface area (Å²) in [5.41, 5.74) is 0.916. The molecule has 1 fully saturated rings. The monoisotopic (exact) mass is 252 g/mol. The lowest BCUT2D eigenvalue weighted by molar-refractivity contribution is 0.0945. The van der Waals surface area contributed by atoms with Gasteiger partial charge >= 0.3 is 0 Å². The molecule has 1 aromatic heterocycles. The Bertz CT molecular complexity index is 367. The first-order valence-corrected chi connectivity index (χ1v) is 6.75. The minimum absolute atomic E-state index is 0.135. The van der Waals surface area contributed by atoms with E-state index in [0.29, 0.717) is 6.10 Å². The molecule has 0 spiro atoms. The summed E-state index contributed by atoms with van der Waals surface area (Å²) in [6.07, 6.45) is 7.47. The van der Waals surface area contributed by atoms with Crippen LogP contribution in [0.1, 0.15) is 44.2 Å². The average molecular weight is 252 g/mol. The first kappa shape index (κ1) is 13.4. The molecule has 2 heterocycles. The summed E-state index contributed by atoms with van der Waals surface area (Å²) in [7, 11) is 0. The minimum atomic E-state index is -0.275. The molecule has 1 aliphatic rings. The van der Waals surface area contributed by atoms with Gasteiger partial charge in [-0.05, 0) is 43.9 Å². The van der Waals surface area contributed by atoms with Gasteiger partial charge in [0.1, 0.15) is 5.82 Å². The Hall–Kier alpha value is -1.00. The Morgan fingerprint density at radius 3 is 3.11 bits per heavy atom. The fourth-order valence-corrected chi connectivity index (χ4v) is 2.37. The summed E-state index contributed by atoms with van der Waals surface area (Å²) in [6, 6.07) is 1.70. The number of hydrogen-bond acceptors (Lipinski definition) is 3. The van der Waals surface area contributed by atoms with Crippen LogP contribution < -0.4 is 5.32 Å². The van der Waals surface area contributed by atoms with E-state index in [1.165, 1.54) is 6.20 Å². The number of aromatic nitrogens is 1. The Morgan fingerprint density at radius 1 is 1.56 bits per heavy atom. The summed E-state index contributed by atoms with van der Waals surface area (Å²) >= 11 is 0. The van der Waals surface area contributed by atoms with E-state index in [4.69, 9.17) is 4.74 Å². The van der Waals surface area contributed by atoms with Crippen LogP contribution in [0.2, 0.25) is 0 Å². The zero-order valence-corrected chi connectivity index (χ0v) is 10.9. The van der Waals surface area contributed by atoms with Crippen molar-refractivity contribution in [3.8, 4) is 0 Å². The second-order valence-electron chi connectivity index (χ2n) is 4.81. The van der Waals surface area contributed by atoms with Gasteiger partial charge < -0.3 is 10.1 Å². The second kappa shape index (κ2) is 6.81. The van der Waals surface area contributed by atoms with Crippen LogP contribution in [0.4, 0.5) is 4.39 Å². The SMILES string of the molecule is CCCNC(CC1CCCO1)c1cncc(F)c1. The van der Waals surface area contributed by atoms with Crippen LogP contribution in [0, 0.1) is 5.82 Å². The minimum Gasteiger partial charge on any atom is -0.378 e. The molecular weight excluding hydrogens is 231 g/mol. The largest absolute Gasteiger partial charge is 0.378 e. The number of halogens is 1. The van der Waals surface area contributed by atoms with E-state index >= 15 is 0 Å². The molecule has 0 saturated carbocycles. The van der Waals surface area contributed by atoms with E-state index < -0.39 is 0 Å². The van der Waals surface area contributed by atoms with E-state index in [9.17, 15) is 4.39 Å². The normalized spacial score (nSPS) is 21.1. The third-order valence-corrected chi connectivity index (χ3v) is 3.29. The van der Waals surface area contributed by atoms with Gasteiger partial charge in [-0.15, -0.1) is 0 Å². The van der Waals surface area contributed by atoms with Crippen molar-refractivity contribution >= 4 is 0 Å². The molecular formula is C14H21FN2O. The van der Waals surface area contributed by atoms with Gasteiger partial charge in [0.2, 0.25) is 0 Å². The first-order chi connectivity index (χ1) is 8.79. The van der Waals surface area contributed by atoms with Crippen LogP contribution in [0.25, 0.3) is 0 Å². The summed E-state index contributed by atoms with van der Waals surface area (Å²) in [5.74, 6) is -0.275. The van der Waals surface area contributed by atoms with Gasteiger partial charge in [0, 0.05) is 18.8 Å². The van der Waals surface area contributed by atoms with E-state index in [1.54, 1.807) is 12.3 Å². The molecule has 0 bridgehead atoms. The standard InChI is InChI=1S/C14H21FN2O/c1-2-5-17-14(8-13-4-3-6-18-13)11-7-12(15)10-16-9-11/h7,9-10,13-14,17H,2-6,8H2,1H3. The molecule has 2 atom stereocenters. The molecule has 18 heavy (non-hydrogen) atoms. The topological polar surface area (TPSA) is 34.1 Å². The molecule has 2 unspecified atom stereocenters. The summed E-state index contributed by atoms with van der Waals surface area (Å²) in [6.45, 7) is 3.90. The Balaban J connectivity index is 2.03. The molecule has 3 nitrogen and oxygen atoms in total. The maximum absolute atomic E-state index is 13.2. The van der Waals surface area contributed by atoms with Crippen LogP contribution in [-0.4, -0.2) is 24.2 Å². The number of pyridine rings is 1. The van der Waals surface area contributed by atoms with Crippen molar-refractivity contribution in [2.45, 2.75) is 44.8 Å². The fourth-order valence-electron chi connectivity index (χ4n) is 2.37. The molecule has 1 saturated heterocycles. The van der Waals surface area contributed by atoms with Gasteiger partial charge in [-0.2, -0.15) is 0 Å². The van der Waals surface area contributed by atoms with Crippen molar-refractivity contribution in [1.82, 2.24) is 10.3 Å². The molecule has 1 N–H and O–H groups in total. The molecule has 1 aromatic rings. The molecule has 0 amide bonds. The fraction of sp³-hybridized carbons (Fsp3) is 0.643. The third-order valence-electron chi connectivity index (χ3n) is 3.29. The van der Waals surface area contributed by atoms with Crippen molar-refractivity contribution < 1.29 is 9.13 Å². The molecule has 100 valence electrons. The van der Waals surface area contributed by atoms with Gasteiger partial charge in [0.25, 0.3) is 0 Å². The Morgan fingerprint density at radius 2 is 2.44 bits per heavy atom. The zero-order valence-electron chi connectivity index (χ0n) is 10.9. The quantitative estimate of drug-likeness (QED) is 0.845. The van der Waals surface area contributed by atoms with Crippen LogP contribution >= 0.6 is 0 Å². The lowest BCUT2D eigenvalue weighted by atomic mass is 10.0. The maximum Gasteiger partial charge on any atom is 0.141 e. The third kappa shape index (κ3) is 3.75. The van der Waals surface area contributed by atoms with Crippen molar-refractivity contribution in [3.63, 3.8) is 0 Å². The van der Waals surface area contributed by atoms with Gasteiger partial charge in [-0.3, -0.25) is 4.98 Å². The molecule has 1 aliphatic heterocycles. The highest BCUT2D eigenvalue weighted by molar-refractivity contribution is 5.15. The molecule has 4 heteroatoms. The van der Waals surface area contributed by atoms with Crippen molar-refractivity contribution in [2.75, 3.05) is 13.2 Å². The number of nitrogens with zero attached hydrogens (tertiary/aromatic N) is 1. The summed E-state index contributed by atoms with van der Waals surface area (Å²) in [5, 5.41) is 3.45. The second-order valence-corrected chi connectivity index (χ2v) is 4.81. The smallest absolute Gasteiger partial charge is 0.141 e. The molecule has 2 rings (SSSR count). The highest BCUT2D eigenvalue weighted by atomic mass is 19.1. The van der Waals surface area contributed by atoms with Crippen LogP contribution in [0.5, 0.6) is 0 Å². The van der Waals surface area contributed by atoms with Gasteiger partial charge in [0.05, 0.1) is 12.3 Å². The zero-order chi connectivity index (χ0) is 12.8. The summed E-state index contributed by atoms with van der Waals surface area (Å²) < 4.78 is 18.9. The lowest BCUT2D eigenvalue weighted by Crippen LogP contribution is -2.26. The number of rotatable bonds is 6. The van der Waals surface area contributed by atoms with E-state index in [0.717, 1.165) is 44.4 Å². The molecule has 0 aliphatic carbocycles. The van der Waals surface area contributed by atoms with E-state index in [1.807, 2.05) is 0 Å². The Labute approximate surface area is 108 Å². The highest BCUT2D eigenvalue weighted by Crippen LogP contribution is 2.25. The summed E-state index contributed by atoms with van der Waals surface area (Å²) in [4.78, 5) is 3.93. The van der Waals surface area contributed by atoms with Crippen molar-refractivity contribution in [2.24, 2.45) is 0 Å². The van der Waals surface area contributed by atoms with Crippen molar-refractivity contribution in [1.29, 1.82) is 0 Å². The number of nitrogens with one attached hydrogen (secondary N) is 1. The van der Waals surface area contributed by atoms with Gasteiger partial charge in [-0.25, -0.2) is 4.39 Å². The number of ether oxygens (including phenoxy) is 1. The predicted octanol–water partition coefficient (Wildman–Crippen LogP) is 2.83. The van der Waals surface area contributed by atoms with Crippen LogP contribution in [0.3, 0.4) is 0 Å². The molecule has 0 radical (unpaired) electrons. The van der Waals surface area contributed by atoms with Gasteiger partial charge in [-0.1, -0.05) is 6.92 Å². The highest BCUT2D eigenvalue weighted by Gasteiger charge is 2.22. The maximum atomic E-state index is 13.2. The van der Waals surface area contributed by atoms with Gasteiger partial charge in [0.15, 0.2) is 0 Å². The van der Waals surface area contributed by atoms with E-state index in [-0.39, 0.29) is 11.9 Å². The predicted molar refractivity (Wildman–Crippen MR) is 68.8 cm³/mol. The van der Waals surface area contributed by atoms with Crippen LogP contribution in [0.15, 0.2) is 18.5 Å².